The molecule has 26 heavy (non-hydrogen) atoms. The van der Waals surface area contributed by atoms with Crippen LogP contribution in [0.15, 0.2) is 0 Å². The quantitative estimate of drug-likeness (QED) is 0.157. The normalized spacial score (nSPS) is 10.0. The second-order valence-electron chi connectivity index (χ2n) is 6.45. The lowest BCUT2D eigenvalue weighted by Gasteiger charge is -2.05. The van der Waals surface area contributed by atoms with Crippen LogP contribution < -0.4 is 5.32 Å². The fourth-order valence-corrected chi connectivity index (χ4v) is 2.94. The van der Waals surface area contributed by atoms with Gasteiger partial charge >= 0.3 is 5.97 Å². The van der Waals surface area contributed by atoms with Crippen LogP contribution >= 0.6 is 8.58 Å². The molecule has 0 aliphatic carbocycles. The molecule has 0 saturated carbocycles. The monoisotopic (exact) mass is 391 g/mol. The molecule has 0 spiro atoms. The number of rotatable bonds is 16. The van der Waals surface area contributed by atoms with E-state index in [-0.39, 0.29) is 18.7 Å². The SMILES string of the molecule is CCCCCCCCCCCCNC(=O)CCC(=O)OO.CCPCC. The first-order valence-corrected chi connectivity index (χ1v) is 11.8. The number of nitrogens with one attached hydrogen (secondary N) is 1. The minimum atomic E-state index is -0.774. The summed E-state index contributed by atoms with van der Waals surface area (Å²) in [6, 6.07) is 0. The molecule has 0 aliphatic rings. The Kier molecular flexibility index (Phi) is 25.8. The van der Waals surface area contributed by atoms with Gasteiger partial charge in [-0.3, -0.25) is 4.79 Å². The van der Waals surface area contributed by atoms with Gasteiger partial charge in [-0.1, -0.05) is 78.6 Å². The van der Waals surface area contributed by atoms with E-state index in [0.29, 0.717) is 6.54 Å². The van der Waals surface area contributed by atoms with Gasteiger partial charge in [-0.15, -0.1) is 8.58 Å². The molecule has 156 valence electrons. The molecule has 0 fully saturated rings. The summed E-state index contributed by atoms with van der Waals surface area (Å²) in [5, 5.41) is 10.8. The molecule has 0 atom stereocenters. The van der Waals surface area contributed by atoms with E-state index in [9.17, 15) is 9.59 Å². The maximum absolute atomic E-state index is 11.3. The van der Waals surface area contributed by atoms with Crippen molar-refractivity contribution in [3.8, 4) is 0 Å². The van der Waals surface area contributed by atoms with E-state index >= 15 is 0 Å². The van der Waals surface area contributed by atoms with Crippen LogP contribution in [-0.2, 0) is 14.5 Å². The summed E-state index contributed by atoms with van der Waals surface area (Å²) in [7, 11) is 1.20. The first kappa shape index (κ1) is 27.5. The minimum absolute atomic E-state index is 0.0666. The Labute approximate surface area is 162 Å². The van der Waals surface area contributed by atoms with Crippen LogP contribution in [0.1, 0.15) is 97.8 Å². The summed E-state index contributed by atoms with van der Waals surface area (Å²) in [4.78, 5) is 25.4. The Morgan fingerprint density at radius 2 is 1.31 bits per heavy atom. The lowest BCUT2D eigenvalue weighted by atomic mass is 10.1. The summed E-state index contributed by atoms with van der Waals surface area (Å²) in [5.74, 6) is -0.944. The summed E-state index contributed by atoms with van der Waals surface area (Å²) in [5.41, 5.74) is 0. The maximum atomic E-state index is 11.3. The van der Waals surface area contributed by atoms with Gasteiger partial charge in [0.2, 0.25) is 5.91 Å². The molecule has 0 unspecified atom stereocenters. The van der Waals surface area contributed by atoms with Crippen LogP contribution in [0.4, 0.5) is 0 Å². The van der Waals surface area contributed by atoms with Crippen LogP contribution in [0, 0.1) is 0 Å². The fraction of sp³-hybridized carbons (Fsp3) is 0.900. The lowest BCUT2D eigenvalue weighted by Crippen LogP contribution is -2.24. The Morgan fingerprint density at radius 1 is 0.808 bits per heavy atom. The predicted molar refractivity (Wildman–Crippen MR) is 112 cm³/mol. The molecule has 5 nitrogen and oxygen atoms in total. The Balaban J connectivity index is 0. The third-order valence-electron chi connectivity index (χ3n) is 4.01. The highest BCUT2D eigenvalue weighted by molar-refractivity contribution is 7.37. The van der Waals surface area contributed by atoms with Crippen LogP contribution in [0.3, 0.4) is 0 Å². The summed E-state index contributed by atoms with van der Waals surface area (Å²) in [6.07, 6.45) is 15.4. The molecule has 0 bridgehead atoms. The zero-order valence-corrected chi connectivity index (χ0v) is 18.3. The van der Waals surface area contributed by atoms with E-state index in [1.165, 1.54) is 72.3 Å². The topological polar surface area (TPSA) is 75.6 Å². The molecule has 0 radical (unpaired) electrons. The molecular weight excluding hydrogens is 349 g/mol. The lowest BCUT2D eigenvalue weighted by molar-refractivity contribution is -0.234. The number of carbonyl (C=O) groups is 2. The molecule has 0 aliphatic heterocycles. The Bertz CT molecular complexity index is 312. The van der Waals surface area contributed by atoms with Crippen molar-refractivity contribution in [1.82, 2.24) is 5.32 Å². The van der Waals surface area contributed by atoms with Crippen molar-refractivity contribution in [2.24, 2.45) is 0 Å². The van der Waals surface area contributed by atoms with Gasteiger partial charge in [0, 0.05) is 13.0 Å². The zero-order valence-electron chi connectivity index (χ0n) is 17.3. The molecule has 1 amide bonds. The van der Waals surface area contributed by atoms with E-state index in [1.54, 1.807) is 0 Å². The molecule has 0 rings (SSSR count). The molecule has 0 saturated heterocycles. The van der Waals surface area contributed by atoms with Crippen molar-refractivity contribution < 1.29 is 19.7 Å². The first-order chi connectivity index (χ1) is 12.6. The van der Waals surface area contributed by atoms with E-state index < -0.39 is 5.97 Å². The molecule has 0 aromatic heterocycles. The van der Waals surface area contributed by atoms with Crippen LogP contribution in [0.2, 0.25) is 0 Å². The van der Waals surface area contributed by atoms with Gasteiger partial charge in [-0.2, -0.15) is 5.26 Å². The third kappa shape index (κ3) is 25.6. The standard InChI is InChI=1S/C16H31NO4.C4H11P/c1-2-3-4-5-6-7-8-9-10-11-14-17-15(18)12-13-16(19)21-20;1-3-5-4-2/h20H,2-14H2,1H3,(H,17,18);5H,3-4H2,1-2H3. The number of amides is 1. The van der Waals surface area contributed by atoms with Gasteiger partial charge in [0.05, 0.1) is 6.42 Å². The summed E-state index contributed by atoms with van der Waals surface area (Å²) < 4.78 is 0. The van der Waals surface area contributed by atoms with E-state index in [1.807, 2.05) is 0 Å². The summed E-state index contributed by atoms with van der Waals surface area (Å²) in [6.45, 7) is 7.34. The van der Waals surface area contributed by atoms with Crippen molar-refractivity contribution in [1.29, 1.82) is 0 Å². The summed E-state index contributed by atoms with van der Waals surface area (Å²) >= 11 is 0. The largest absolute Gasteiger partial charge is 0.356 e. The van der Waals surface area contributed by atoms with Gasteiger partial charge in [-0.05, 0) is 18.7 Å². The van der Waals surface area contributed by atoms with Crippen molar-refractivity contribution in [2.75, 3.05) is 18.9 Å². The van der Waals surface area contributed by atoms with Gasteiger partial charge < -0.3 is 10.2 Å². The third-order valence-corrected chi connectivity index (χ3v) is 5.01. The highest BCUT2D eigenvalue weighted by atomic mass is 31.1. The molecule has 6 heteroatoms. The number of unbranched alkanes of at least 4 members (excludes halogenated alkanes) is 9. The highest BCUT2D eigenvalue weighted by Crippen LogP contribution is 2.10. The average Bonchev–Trinajstić information content (AvgIpc) is 2.65. The van der Waals surface area contributed by atoms with Gasteiger partial charge in [0.25, 0.3) is 0 Å². The van der Waals surface area contributed by atoms with Gasteiger partial charge in [0.15, 0.2) is 0 Å². The molecule has 0 aromatic carbocycles. The number of hydrogen-bond donors (Lipinski definition) is 2. The van der Waals surface area contributed by atoms with Gasteiger partial charge in [-0.25, -0.2) is 4.79 Å². The first-order valence-electron chi connectivity index (χ1n) is 10.4. The van der Waals surface area contributed by atoms with Crippen LogP contribution in [-0.4, -0.2) is 36.0 Å². The van der Waals surface area contributed by atoms with Crippen molar-refractivity contribution in [2.45, 2.75) is 97.8 Å². The smallest absolute Gasteiger partial charge is 0.342 e. The zero-order chi connectivity index (χ0) is 19.9. The predicted octanol–water partition coefficient (Wildman–Crippen LogP) is 5.52. The molecule has 0 heterocycles. The fourth-order valence-electron chi connectivity index (χ4n) is 2.44. The van der Waals surface area contributed by atoms with Crippen LogP contribution in [0.25, 0.3) is 0 Å². The van der Waals surface area contributed by atoms with Crippen molar-refractivity contribution in [3.05, 3.63) is 0 Å². The van der Waals surface area contributed by atoms with Crippen molar-refractivity contribution >= 4 is 20.5 Å². The average molecular weight is 392 g/mol. The second-order valence-corrected chi connectivity index (χ2v) is 8.37. The van der Waals surface area contributed by atoms with Gasteiger partial charge in [0.1, 0.15) is 0 Å². The number of carbonyl (C=O) groups excluding carboxylic acids is 2. The van der Waals surface area contributed by atoms with Crippen LogP contribution in [0.5, 0.6) is 0 Å². The maximum Gasteiger partial charge on any atom is 0.342 e. The van der Waals surface area contributed by atoms with Crippen molar-refractivity contribution in [3.63, 3.8) is 0 Å². The highest BCUT2D eigenvalue weighted by Gasteiger charge is 2.06. The molecule has 0 aromatic rings. The minimum Gasteiger partial charge on any atom is -0.356 e. The molecular formula is C20H42NO4P. The van der Waals surface area contributed by atoms with E-state index in [4.69, 9.17) is 5.26 Å². The Hall–Kier alpha value is -0.670. The molecule has 2 N–H and O–H groups in total. The second kappa shape index (κ2) is 24.3. The number of hydrogen-bond acceptors (Lipinski definition) is 4. The van der Waals surface area contributed by atoms with E-state index in [2.05, 4.69) is 31.0 Å². The van der Waals surface area contributed by atoms with E-state index in [0.717, 1.165) is 12.8 Å². The Morgan fingerprint density at radius 3 is 1.73 bits per heavy atom.